The van der Waals surface area contributed by atoms with E-state index in [0.29, 0.717) is 18.6 Å². The minimum Gasteiger partial charge on any atom is -0.468 e. The van der Waals surface area contributed by atoms with Crippen LogP contribution in [0.2, 0.25) is 0 Å². The van der Waals surface area contributed by atoms with E-state index >= 15 is 0 Å². The van der Waals surface area contributed by atoms with E-state index in [1.165, 1.54) is 30.0 Å². The van der Waals surface area contributed by atoms with Crippen LogP contribution < -0.4 is 10.6 Å². The highest BCUT2D eigenvalue weighted by Crippen LogP contribution is 2.15. The number of thioether (sulfide) groups is 1. The number of ketones is 1. The van der Waals surface area contributed by atoms with Gasteiger partial charge in [-0.25, -0.2) is 4.39 Å². The summed E-state index contributed by atoms with van der Waals surface area (Å²) in [5, 5.41) is 5.49. The molecule has 180 valence electrons. The highest BCUT2D eigenvalue weighted by Gasteiger charge is 2.28. The van der Waals surface area contributed by atoms with Gasteiger partial charge in [-0.1, -0.05) is 45.7 Å². The summed E-state index contributed by atoms with van der Waals surface area (Å²) in [7, 11) is 0. The van der Waals surface area contributed by atoms with Crippen molar-refractivity contribution in [3.63, 3.8) is 0 Å². The van der Waals surface area contributed by atoms with Gasteiger partial charge in [0.25, 0.3) is 5.91 Å². The SMILES string of the molecule is CCCC[C@H](NC(=O)[C@H](CC(C)C)NC(=O)c1ccccc1F)C(=O)CSCc1ccco1. The molecule has 0 saturated heterocycles. The van der Waals surface area contributed by atoms with E-state index in [1.54, 1.807) is 18.4 Å². The van der Waals surface area contributed by atoms with Gasteiger partial charge in [0.15, 0.2) is 5.78 Å². The second-order valence-corrected chi connectivity index (χ2v) is 9.36. The van der Waals surface area contributed by atoms with Crippen molar-refractivity contribution in [1.29, 1.82) is 0 Å². The molecule has 2 atom stereocenters. The summed E-state index contributed by atoms with van der Waals surface area (Å²) in [4.78, 5) is 38.5. The Kier molecular flexibility index (Phi) is 11.2. The second kappa shape index (κ2) is 13.8. The number of carbonyl (C=O) groups excluding carboxylic acids is 3. The first-order chi connectivity index (χ1) is 15.8. The summed E-state index contributed by atoms with van der Waals surface area (Å²) in [5.74, 6) is -0.100. The Bertz CT molecular complexity index is 902. The largest absolute Gasteiger partial charge is 0.468 e. The topological polar surface area (TPSA) is 88.4 Å². The van der Waals surface area contributed by atoms with Gasteiger partial charge in [0.2, 0.25) is 5.91 Å². The summed E-state index contributed by atoms with van der Waals surface area (Å²) in [5.41, 5.74) is -0.119. The van der Waals surface area contributed by atoms with Gasteiger partial charge in [0.05, 0.1) is 29.4 Å². The van der Waals surface area contributed by atoms with Crippen molar-refractivity contribution in [3.8, 4) is 0 Å². The zero-order valence-corrected chi connectivity index (χ0v) is 20.3. The molecule has 8 heteroatoms. The van der Waals surface area contributed by atoms with E-state index in [-0.39, 0.29) is 23.0 Å². The number of hydrogen-bond donors (Lipinski definition) is 2. The number of carbonyl (C=O) groups is 3. The number of rotatable bonds is 14. The molecule has 0 aliphatic heterocycles. The predicted octanol–water partition coefficient (Wildman–Crippen LogP) is 4.74. The fraction of sp³-hybridized carbons (Fsp3) is 0.480. The van der Waals surface area contributed by atoms with Crippen LogP contribution in [-0.4, -0.2) is 35.4 Å². The second-order valence-electron chi connectivity index (χ2n) is 8.38. The first kappa shape index (κ1) is 26.6. The lowest BCUT2D eigenvalue weighted by molar-refractivity contribution is -0.128. The van der Waals surface area contributed by atoms with Gasteiger partial charge in [0, 0.05) is 0 Å². The third-order valence-electron chi connectivity index (χ3n) is 5.07. The maximum Gasteiger partial charge on any atom is 0.254 e. The molecule has 0 aliphatic carbocycles. The van der Waals surface area contributed by atoms with Crippen molar-refractivity contribution < 1.29 is 23.2 Å². The minimum absolute atomic E-state index is 0.0721. The summed E-state index contributed by atoms with van der Waals surface area (Å²) >= 11 is 1.43. The molecule has 0 radical (unpaired) electrons. The zero-order chi connectivity index (χ0) is 24.2. The van der Waals surface area contributed by atoms with Crippen molar-refractivity contribution in [2.24, 2.45) is 5.92 Å². The van der Waals surface area contributed by atoms with Crippen molar-refractivity contribution in [1.82, 2.24) is 10.6 Å². The van der Waals surface area contributed by atoms with Gasteiger partial charge in [0.1, 0.15) is 17.6 Å². The molecule has 0 unspecified atom stereocenters. The van der Waals surface area contributed by atoms with Crippen LogP contribution in [0.1, 0.15) is 62.6 Å². The van der Waals surface area contributed by atoms with Crippen LogP contribution in [0.5, 0.6) is 0 Å². The van der Waals surface area contributed by atoms with Crippen molar-refractivity contribution in [3.05, 3.63) is 59.8 Å². The van der Waals surface area contributed by atoms with Crippen molar-refractivity contribution >= 4 is 29.4 Å². The van der Waals surface area contributed by atoms with E-state index in [0.717, 1.165) is 18.6 Å². The van der Waals surface area contributed by atoms with E-state index in [9.17, 15) is 18.8 Å². The van der Waals surface area contributed by atoms with Gasteiger partial charge < -0.3 is 15.1 Å². The van der Waals surface area contributed by atoms with Gasteiger partial charge in [-0.2, -0.15) is 0 Å². The molecule has 1 aromatic heterocycles. The minimum atomic E-state index is -0.871. The Hall–Kier alpha value is -2.61. The molecule has 6 nitrogen and oxygen atoms in total. The summed E-state index contributed by atoms with van der Waals surface area (Å²) < 4.78 is 19.3. The monoisotopic (exact) mass is 476 g/mol. The number of unbranched alkanes of at least 4 members (excludes halogenated alkanes) is 1. The van der Waals surface area contributed by atoms with Crippen LogP contribution in [0.25, 0.3) is 0 Å². The summed E-state index contributed by atoms with van der Waals surface area (Å²) in [6.07, 6.45) is 4.16. The normalized spacial score (nSPS) is 12.9. The molecule has 0 aliphatic rings. The lowest BCUT2D eigenvalue weighted by Gasteiger charge is -2.24. The van der Waals surface area contributed by atoms with E-state index in [4.69, 9.17) is 4.42 Å². The predicted molar refractivity (Wildman–Crippen MR) is 128 cm³/mol. The first-order valence-electron chi connectivity index (χ1n) is 11.3. The van der Waals surface area contributed by atoms with Gasteiger partial charge >= 0.3 is 0 Å². The third-order valence-corrected chi connectivity index (χ3v) is 6.04. The summed E-state index contributed by atoms with van der Waals surface area (Å²) in [6.45, 7) is 5.88. The molecular formula is C25H33FN2O4S. The fourth-order valence-electron chi connectivity index (χ4n) is 3.33. The Morgan fingerprint density at radius 1 is 1.06 bits per heavy atom. The number of Topliss-reactive ketones (excluding diaryl/α,β-unsaturated/α-hetero) is 1. The van der Waals surface area contributed by atoms with Crippen molar-refractivity contribution in [2.45, 2.75) is 64.3 Å². The third kappa shape index (κ3) is 9.04. The molecule has 2 aromatic rings. The summed E-state index contributed by atoms with van der Waals surface area (Å²) in [6, 6.07) is 7.78. The molecule has 1 heterocycles. The van der Waals surface area contributed by atoms with Crippen LogP contribution in [0, 0.1) is 11.7 Å². The number of halogens is 1. The molecule has 0 fully saturated rings. The maximum absolute atomic E-state index is 14.0. The van der Waals surface area contributed by atoms with Gasteiger partial charge in [-0.15, -0.1) is 11.8 Å². The first-order valence-corrected chi connectivity index (χ1v) is 12.5. The number of furan rings is 1. The number of nitrogens with one attached hydrogen (secondary N) is 2. The highest BCUT2D eigenvalue weighted by atomic mass is 32.2. The van der Waals surface area contributed by atoms with Gasteiger partial charge in [-0.05, 0) is 43.0 Å². The Balaban J connectivity index is 2.03. The number of amides is 2. The van der Waals surface area contributed by atoms with Gasteiger partial charge in [-0.3, -0.25) is 14.4 Å². The smallest absolute Gasteiger partial charge is 0.254 e. The van der Waals surface area contributed by atoms with E-state index in [1.807, 2.05) is 26.8 Å². The molecule has 2 rings (SSSR count). The van der Waals surface area contributed by atoms with Crippen LogP contribution in [0.15, 0.2) is 47.1 Å². The number of hydrogen-bond acceptors (Lipinski definition) is 5. The van der Waals surface area contributed by atoms with E-state index < -0.39 is 29.7 Å². The standard InChI is InChI=1S/C25H33FN2O4S/c1-4-5-12-21(23(29)16-33-15-18-9-8-13-32-18)27-25(31)22(14-17(2)3)28-24(30)19-10-6-7-11-20(19)26/h6-11,13,17,21-22H,4-5,12,14-16H2,1-3H3,(H,27,31)(H,28,30)/t21-,22-/m0/s1. The molecule has 0 saturated carbocycles. The Labute approximate surface area is 199 Å². The van der Waals surface area contributed by atoms with Crippen molar-refractivity contribution in [2.75, 3.05) is 5.75 Å². The molecule has 1 aromatic carbocycles. The molecule has 0 spiro atoms. The number of benzene rings is 1. The average molecular weight is 477 g/mol. The quantitative estimate of drug-likeness (QED) is 0.411. The fourth-order valence-corrected chi connectivity index (χ4v) is 4.20. The lowest BCUT2D eigenvalue weighted by atomic mass is 10.0. The molecule has 2 N–H and O–H groups in total. The van der Waals surface area contributed by atoms with E-state index in [2.05, 4.69) is 10.6 Å². The Morgan fingerprint density at radius 2 is 1.82 bits per heavy atom. The van der Waals surface area contributed by atoms with Crippen LogP contribution >= 0.6 is 11.8 Å². The average Bonchev–Trinajstić information content (AvgIpc) is 3.29. The Morgan fingerprint density at radius 3 is 2.45 bits per heavy atom. The zero-order valence-electron chi connectivity index (χ0n) is 19.4. The molecule has 0 bridgehead atoms. The van der Waals surface area contributed by atoms with Crippen LogP contribution in [0.4, 0.5) is 4.39 Å². The molecule has 33 heavy (non-hydrogen) atoms. The lowest BCUT2D eigenvalue weighted by Crippen LogP contribution is -2.52. The van der Waals surface area contributed by atoms with Crippen LogP contribution in [0.3, 0.4) is 0 Å². The van der Waals surface area contributed by atoms with Crippen LogP contribution in [-0.2, 0) is 15.3 Å². The highest BCUT2D eigenvalue weighted by molar-refractivity contribution is 7.99. The molecular weight excluding hydrogens is 443 g/mol. The molecule has 2 amide bonds. The maximum atomic E-state index is 14.0.